The molecule has 0 saturated heterocycles. The lowest BCUT2D eigenvalue weighted by molar-refractivity contribution is 1.06. The number of fused-ring (bicyclic) bond motifs is 8. The first-order chi connectivity index (χ1) is 21.8. The van der Waals surface area contributed by atoms with Gasteiger partial charge in [0.25, 0.3) is 0 Å². The number of nitrogens with zero attached hydrogens (tertiary/aromatic N) is 2. The molecule has 0 spiro atoms. The van der Waals surface area contributed by atoms with Crippen LogP contribution in [0, 0.1) is 0 Å². The van der Waals surface area contributed by atoms with Gasteiger partial charge in [-0.25, -0.2) is 4.98 Å². The molecule has 8 aromatic rings. The van der Waals surface area contributed by atoms with Gasteiger partial charge in [0.15, 0.2) is 0 Å². The molecule has 208 valence electrons. The number of imidazole rings is 1. The Morgan fingerprint density at radius 3 is 1.98 bits per heavy atom. The maximum Gasteiger partial charge on any atom is 0.146 e. The number of thiophene rings is 1. The molecule has 0 atom stereocenters. The van der Waals surface area contributed by atoms with E-state index in [0.717, 1.165) is 29.5 Å². The fraction of sp³-hybridized carbons (Fsp3) is 0.0488. The molecule has 1 aliphatic carbocycles. The minimum absolute atomic E-state index is 1.00. The molecule has 44 heavy (non-hydrogen) atoms. The predicted molar refractivity (Wildman–Crippen MR) is 188 cm³/mol. The normalized spacial score (nSPS) is 13.3. The Morgan fingerprint density at radius 2 is 1.20 bits per heavy atom. The van der Waals surface area contributed by atoms with E-state index in [1.54, 1.807) is 0 Å². The zero-order valence-electron chi connectivity index (χ0n) is 24.1. The highest BCUT2D eigenvalue weighted by molar-refractivity contribution is 7.16. The molecular formula is C41H28N2S. The van der Waals surface area contributed by atoms with Crippen molar-refractivity contribution in [1.29, 1.82) is 0 Å². The van der Waals surface area contributed by atoms with Crippen molar-refractivity contribution in [2.45, 2.75) is 12.8 Å². The van der Waals surface area contributed by atoms with Crippen molar-refractivity contribution in [2.24, 2.45) is 0 Å². The van der Waals surface area contributed by atoms with E-state index in [0.29, 0.717) is 0 Å². The second kappa shape index (κ2) is 10.2. The third-order valence-corrected chi connectivity index (χ3v) is 10.1. The summed E-state index contributed by atoms with van der Waals surface area (Å²) < 4.78 is 2.31. The van der Waals surface area contributed by atoms with Crippen LogP contribution in [0.5, 0.6) is 0 Å². The maximum absolute atomic E-state index is 5.09. The molecule has 0 aliphatic heterocycles. The number of aromatic nitrogens is 2. The Morgan fingerprint density at radius 1 is 0.545 bits per heavy atom. The van der Waals surface area contributed by atoms with Gasteiger partial charge in [-0.3, -0.25) is 4.40 Å². The summed E-state index contributed by atoms with van der Waals surface area (Å²) in [5.74, 6) is 0. The quantitative estimate of drug-likeness (QED) is 0.189. The molecule has 0 unspecified atom stereocenters. The summed E-state index contributed by atoms with van der Waals surface area (Å²) in [4.78, 5) is 7.80. The minimum Gasteiger partial charge on any atom is -0.292 e. The fourth-order valence-electron chi connectivity index (χ4n) is 6.65. The lowest BCUT2D eigenvalue weighted by Crippen LogP contribution is -1.92. The van der Waals surface area contributed by atoms with E-state index < -0.39 is 0 Å². The second-order valence-corrected chi connectivity index (χ2v) is 12.6. The average Bonchev–Trinajstić information content (AvgIpc) is 3.75. The molecule has 0 amide bonds. The van der Waals surface area contributed by atoms with Gasteiger partial charge < -0.3 is 0 Å². The molecular weight excluding hydrogens is 553 g/mol. The van der Waals surface area contributed by atoms with E-state index in [1.807, 2.05) is 11.3 Å². The zero-order valence-corrected chi connectivity index (χ0v) is 24.9. The van der Waals surface area contributed by atoms with Crippen molar-refractivity contribution in [3.05, 3.63) is 150 Å². The van der Waals surface area contributed by atoms with Crippen LogP contribution >= 0.6 is 11.3 Å². The topological polar surface area (TPSA) is 17.3 Å². The first-order valence-corrected chi connectivity index (χ1v) is 16.0. The lowest BCUT2D eigenvalue weighted by atomic mass is 9.97. The fourth-order valence-corrected chi connectivity index (χ4v) is 7.71. The Balaban J connectivity index is 1.06. The van der Waals surface area contributed by atoms with Crippen LogP contribution in [0.3, 0.4) is 0 Å². The Hall–Kier alpha value is -5.25. The van der Waals surface area contributed by atoms with Crippen LogP contribution < -0.4 is 0 Å². The van der Waals surface area contributed by atoms with Gasteiger partial charge in [-0.1, -0.05) is 109 Å². The SMILES string of the molecule is C1=CCCC(c2ccc(-c3ccc(-c4ccc(-c5ccc6c7ccccc7n7c8ccccc8nc7c6c5)cc4)cc3)s2)=C1. The van der Waals surface area contributed by atoms with Gasteiger partial charge in [-0.15, -0.1) is 11.3 Å². The monoisotopic (exact) mass is 580 g/mol. The number of rotatable bonds is 4. The summed E-state index contributed by atoms with van der Waals surface area (Å²) in [6.07, 6.45) is 8.95. The first-order valence-electron chi connectivity index (χ1n) is 15.2. The van der Waals surface area contributed by atoms with Crippen LogP contribution in [0.4, 0.5) is 0 Å². The zero-order chi connectivity index (χ0) is 29.0. The smallest absolute Gasteiger partial charge is 0.146 e. The summed E-state index contributed by atoms with van der Waals surface area (Å²) in [5.41, 5.74) is 11.9. The largest absolute Gasteiger partial charge is 0.292 e. The number of hydrogen-bond acceptors (Lipinski definition) is 2. The van der Waals surface area contributed by atoms with Gasteiger partial charge in [0.1, 0.15) is 5.65 Å². The van der Waals surface area contributed by atoms with Crippen molar-refractivity contribution in [1.82, 2.24) is 9.38 Å². The van der Waals surface area contributed by atoms with Crippen LogP contribution in [-0.4, -0.2) is 9.38 Å². The van der Waals surface area contributed by atoms with Crippen LogP contribution in [0.1, 0.15) is 17.7 Å². The summed E-state index contributed by atoms with van der Waals surface area (Å²) in [5, 5.41) is 3.64. The third-order valence-electron chi connectivity index (χ3n) is 8.91. The lowest BCUT2D eigenvalue weighted by Gasteiger charge is -2.11. The van der Waals surface area contributed by atoms with E-state index >= 15 is 0 Å². The Kier molecular flexibility index (Phi) is 5.85. The highest BCUT2D eigenvalue weighted by atomic mass is 32.1. The first kappa shape index (κ1) is 25.3. The highest BCUT2D eigenvalue weighted by Gasteiger charge is 2.14. The van der Waals surface area contributed by atoms with Crippen LogP contribution in [0.25, 0.3) is 76.6 Å². The van der Waals surface area contributed by atoms with Crippen molar-refractivity contribution in [2.75, 3.05) is 0 Å². The van der Waals surface area contributed by atoms with E-state index in [-0.39, 0.29) is 0 Å². The van der Waals surface area contributed by atoms with Gasteiger partial charge in [-0.2, -0.15) is 0 Å². The molecule has 9 rings (SSSR count). The molecule has 3 aromatic heterocycles. The van der Waals surface area contributed by atoms with Crippen LogP contribution in [-0.2, 0) is 0 Å². The summed E-state index contributed by atoms with van der Waals surface area (Å²) >= 11 is 1.89. The Bertz CT molecular complexity index is 2420. The molecule has 0 fully saturated rings. The van der Waals surface area contributed by atoms with Gasteiger partial charge >= 0.3 is 0 Å². The molecule has 0 radical (unpaired) electrons. The molecule has 0 N–H and O–H groups in total. The van der Waals surface area contributed by atoms with Crippen LogP contribution in [0.15, 0.2) is 146 Å². The number of allylic oxidation sites excluding steroid dienone is 4. The van der Waals surface area contributed by atoms with E-state index in [4.69, 9.17) is 4.98 Å². The van der Waals surface area contributed by atoms with Crippen molar-refractivity contribution in [3.63, 3.8) is 0 Å². The molecule has 5 aromatic carbocycles. The molecule has 3 heteroatoms. The average molecular weight is 581 g/mol. The maximum atomic E-state index is 5.09. The minimum atomic E-state index is 1.00. The second-order valence-electron chi connectivity index (χ2n) is 11.5. The number of para-hydroxylation sites is 3. The van der Waals surface area contributed by atoms with E-state index in [1.165, 1.54) is 64.8 Å². The summed E-state index contributed by atoms with van der Waals surface area (Å²) in [6, 6.07) is 46.3. The Labute approximate surface area is 259 Å². The molecule has 2 nitrogen and oxygen atoms in total. The van der Waals surface area contributed by atoms with E-state index in [2.05, 4.69) is 150 Å². The van der Waals surface area contributed by atoms with Crippen LogP contribution in [0.2, 0.25) is 0 Å². The number of benzene rings is 5. The van der Waals surface area contributed by atoms with Crippen molar-refractivity contribution < 1.29 is 0 Å². The summed E-state index contributed by atoms with van der Waals surface area (Å²) in [6.45, 7) is 0. The van der Waals surface area contributed by atoms with Gasteiger partial charge in [0.05, 0.1) is 16.6 Å². The van der Waals surface area contributed by atoms with Gasteiger partial charge in [0.2, 0.25) is 0 Å². The van der Waals surface area contributed by atoms with Gasteiger partial charge in [0, 0.05) is 20.5 Å². The summed E-state index contributed by atoms with van der Waals surface area (Å²) in [7, 11) is 0. The van der Waals surface area contributed by atoms with Crippen molar-refractivity contribution in [3.8, 4) is 32.7 Å². The van der Waals surface area contributed by atoms with Gasteiger partial charge in [-0.05, 0) is 88.0 Å². The number of hydrogen-bond donors (Lipinski definition) is 0. The highest BCUT2D eigenvalue weighted by Crippen LogP contribution is 2.37. The predicted octanol–water partition coefficient (Wildman–Crippen LogP) is 11.6. The molecule has 0 saturated carbocycles. The van der Waals surface area contributed by atoms with Crippen molar-refractivity contribution >= 4 is 55.3 Å². The molecule has 0 bridgehead atoms. The molecule has 1 aliphatic rings. The number of pyridine rings is 1. The standard InChI is InChI=1S/C41H28N2S/c1-2-8-30(9-3-1)39-24-25-40(44-39)31-20-18-28(19-21-31)27-14-16-29(17-15-27)32-22-23-33-34-10-4-6-12-37(34)43-38-13-7-5-11-36(38)42-41(43)35(33)26-32/h1-2,4-8,10-26H,3,9H2. The van der Waals surface area contributed by atoms with E-state index in [9.17, 15) is 0 Å². The molecule has 3 heterocycles. The third kappa shape index (κ3) is 4.12.